The Kier molecular flexibility index (Phi) is 3.51. The van der Waals surface area contributed by atoms with Crippen LogP contribution in [0.15, 0.2) is 30.5 Å². The Morgan fingerprint density at radius 3 is 2.64 bits per heavy atom. The van der Waals surface area contributed by atoms with Gasteiger partial charge in [0.1, 0.15) is 0 Å². The zero-order valence-corrected chi connectivity index (χ0v) is 12.2. The molecule has 8 heteroatoms. The molecule has 1 aromatic heterocycles. The number of anilines is 1. The van der Waals surface area contributed by atoms with E-state index >= 15 is 0 Å². The predicted molar refractivity (Wildman–Crippen MR) is 77.4 cm³/mol. The van der Waals surface area contributed by atoms with Gasteiger partial charge in [0, 0.05) is 23.3 Å². The topological polar surface area (TPSA) is 59.1 Å². The molecular formula is C14H13F3N2O2S. The Morgan fingerprint density at radius 1 is 1.23 bits per heavy atom. The summed E-state index contributed by atoms with van der Waals surface area (Å²) in [6.07, 6.45) is -2.74. The Morgan fingerprint density at radius 2 is 2.00 bits per heavy atom. The van der Waals surface area contributed by atoms with E-state index < -0.39 is 21.6 Å². The summed E-state index contributed by atoms with van der Waals surface area (Å²) in [5.41, 5.74) is -0.466. The Hall–Kier alpha value is -1.83. The first kappa shape index (κ1) is 15.1. The molecule has 4 nitrogen and oxygen atoms in total. The third kappa shape index (κ3) is 2.87. The van der Waals surface area contributed by atoms with E-state index in [1.165, 1.54) is 12.3 Å². The van der Waals surface area contributed by atoms with E-state index in [-0.39, 0.29) is 23.1 Å². The van der Waals surface area contributed by atoms with E-state index in [1.54, 1.807) is 12.1 Å². The summed E-state index contributed by atoms with van der Waals surface area (Å²) in [4.78, 5) is 3.83. The highest BCUT2D eigenvalue weighted by molar-refractivity contribution is 7.91. The van der Waals surface area contributed by atoms with Crippen LogP contribution in [0.5, 0.6) is 0 Å². The molecule has 2 aromatic rings. The number of hydrogen-bond acceptors (Lipinski definition) is 4. The second-order valence-electron chi connectivity index (χ2n) is 5.30. The summed E-state index contributed by atoms with van der Waals surface area (Å²) in [5.74, 6) is 0.0945. The van der Waals surface area contributed by atoms with Crippen molar-refractivity contribution in [2.24, 2.45) is 0 Å². The molecule has 1 aromatic carbocycles. The molecule has 1 saturated heterocycles. The molecule has 0 radical (unpaired) electrons. The van der Waals surface area contributed by atoms with E-state index in [1.807, 2.05) is 0 Å². The predicted octanol–water partition coefficient (Wildman–Crippen LogP) is 2.85. The second kappa shape index (κ2) is 5.12. The molecule has 1 aliphatic heterocycles. The minimum absolute atomic E-state index is 0.00419. The number of nitrogens with zero attached hydrogens (tertiary/aromatic N) is 1. The lowest BCUT2D eigenvalue weighted by atomic mass is 10.1. The number of benzene rings is 1. The van der Waals surface area contributed by atoms with E-state index in [2.05, 4.69) is 10.3 Å². The van der Waals surface area contributed by atoms with Crippen LogP contribution in [-0.4, -0.2) is 30.9 Å². The standard InChI is InChI=1S/C14H13F3N2O2S/c15-14(16,17)11-3-1-2-10-12(4-6-18-13(10)11)19-9-5-7-22(20,21)8-9/h1-4,6,9H,5,7-8H2,(H,18,19). The third-order valence-corrected chi connectivity index (χ3v) is 5.44. The van der Waals surface area contributed by atoms with Crippen LogP contribution in [0.4, 0.5) is 18.9 Å². The van der Waals surface area contributed by atoms with Gasteiger partial charge in [0.25, 0.3) is 0 Å². The third-order valence-electron chi connectivity index (χ3n) is 3.67. The van der Waals surface area contributed by atoms with Gasteiger partial charge in [-0.3, -0.25) is 4.98 Å². The number of aromatic nitrogens is 1. The molecule has 1 N–H and O–H groups in total. The quantitative estimate of drug-likeness (QED) is 0.920. The maximum atomic E-state index is 13.0. The van der Waals surface area contributed by atoms with Crippen LogP contribution in [0.3, 0.4) is 0 Å². The Labute approximate surface area is 125 Å². The summed E-state index contributed by atoms with van der Waals surface area (Å²) in [6.45, 7) is 0. The van der Waals surface area contributed by atoms with Gasteiger partial charge in [0.15, 0.2) is 9.84 Å². The number of alkyl halides is 3. The van der Waals surface area contributed by atoms with Crippen LogP contribution < -0.4 is 5.32 Å². The van der Waals surface area contributed by atoms with Crippen LogP contribution >= 0.6 is 0 Å². The zero-order chi connectivity index (χ0) is 16.0. The summed E-state index contributed by atoms with van der Waals surface area (Å²) in [7, 11) is -3.06. The largest absolute Gasteiger partial charge is 0.418 e. The molecule has 1 fully saturated rings. The number of hydrogen-bond donors (Lipinski definition) is 1. The maximum absolute atomic E-state index is 13.0. The molecule has 3 rings (SSSR count). The normalized spacial score (nSPS) is 21.1. The lowest BCUT2D eigenvalue weighted by Crippen LogP contribution is -2.20. The molecule has 0 saturated carbocycles. The summed E-state index contributed by atoms with van der Waals surface area (Å²) < 4.78 is 62.0. The van der Waals surface area contributed by atoms with Gasteiger partial charge in [-0.05, 0) is 18.6 Å². The average Bonchev–Trinajstić information content (AvgIpc) is 2.76. The number of sulfone groups is 1. The highest BCUT2D eigenvalue weighted by Crippen LogP contribution is 2.36. The van der Waals surface area contributed by atoms with Gasteiger partial charge in [-0.15, -0.1) is 0 Å². The molecule has 22 heavy (non-hydrogen) atoms. The van der Waals surface area contributed by atoms with Crippen molar-refractivity contribution in [3.63, 3.8) is 0 Å². The monoisotopic (exact) mass is 330 g/mol. The van der Waals surface area contributed by atoms with Crippen LogP contribution in [0.1, 0.15) is 12.0 Å². The fourth-order valence-corrected chi connectivity index (χ4v) is 4.33. The lowest BCUT2D eigenvalue weighted by Gasteiger charge is -2.16. The molecule has 1 aliphatic rings. The summed E-state index contributed by atoms with van der Waals surface area (Å²) in [6, 6.07) is 5.13. The minimum atomic E-state index is -4.48. The van der Waals surface area contributed by atoms with Crippen molar-refractivity contribution >= 4 is 26.4 Å². The fourth-order valence-electron chi connectivity index (χ4n) is 2.66. The minimum Gasteiger partial charge on any atom is -0.381 e. The Bertz CT molecular complexity index is 818. The molecular weight excluding hydrogens is 317 g/mol. The van der Waals surface area contributed by atoms with Crippen LogP contribution in [0.2, 0.25) is 0 Å². The average molecular weight is 330 g/mol. The lowest BCUT2D eigenvalue weighted by molar-refractivity contribution is -0.136. The smallest absolute Gasteiger partial charge is 0.381 e. The molecule has 0 aliphatic carbocycles. The molecule has 1 unspecified atom stereocenters. The van der Waals surface area contributed by atoms with E-state index in [4.69, 9.17) is 0 Å². The van der Waals surface area contributed by atoms with Crippen LogP contribution in [0.25, 0.3) is 10.9 Å². The highest BCUT2D eigenvalue weighted by Gasteiger charge is 2.33. The summed E-state index contributed by atoms with van der Waals surface area (Å²) in [5, 5.41) is 3.37. The molecule has 1 atom stereocenters. The molecule has 0 bridgehead atoms. The van der Waals surface area contributed by atoms with Crippen molar-refractivity contribution in [3.05, 3.63) is 36.0 Å². The van der Waals surface area contributed by atoms with E-state index in [9.17, 15) is 21.6 Å². The number of nitrogens with one attached hydrogen (secondary N) is 1. The van der Waals surface area contributed by atoms with Gasteiger partial charge in [-0.2, -0.15) is 13.2 Å². The van der Waals surface area contributed by atoms with Crippen molar-refractivity contribution in [1.29, 1.82) is 0 Å². The van der Waals surface area contributed by atoms with Gasteiger partial charge in [-0.1, -0.05) is 12.1 Å². The zero-order valence-electron chi connectivity index (χ0n) is 11.4. The first-order chi connectivity index (χ1) is 10.3. The fraction of sp³-hybridized carbons (Fsp3) is 0.357. The molecule has 2 heterocycles. The SMILES string of the molecule is O=S1(=O)CCC(Nc2ccnc3c(C(F)(F)F)cccc23)C1. The van der Waals surface area contributed by atoms with Gasteiger partial charge in [-0.25, -0.2) is 8.42 Å². The number of halogens is 3. The van der Waals surface area contributed by atoms with Crippen molar-refractivity contribution in [1.82, 2.24) is 4.98 Å². The molecule has 0 amide bonds. The van der Waals surface area contributed by atoms with E-state index in [0.29, 0.717) is 17.5 Å². The Balaban J connectivity index is 2.01. The van der Waals surface area contributed by atoms with Crippen LogP contribution in [0, 0.1) is 0 Å². The van der Waals surface area contributed by atoms with E-state index in [0.717, 1.165) is 6.07 Å². The van der Waals surface area contributed by atoms with Gasteiger partial charge in [0.05, 0.1) is 22.6 Å². The number of para-hydroxylation sites is 1. The van der Waals surface area contributed by atoms with Crippen molar-refractivity contribution in [2.45, 2.75) is 18.6 Å². The second-order valence-corrected chi connectivity index (χ2v) is 7.53. The van der Waals surface area contributed by atoms with Crippen molar-refractivity contribution in [3.8, 4) is 0 Å². The number of pyridine rings is 1. The molecule has 118 valence electrons. The first-order valence-electron chi connectivity index (χ1n) is 6.68. The summed E-state index contributed by atoms with van der Waals surface area (Å²) >= 11 is 0. The van der Waals surface area contributed by atoms with Gasteiger partial charge in [0.2, 0.25) is 0 Å². The maximum Gasteiger partial charge on any atom is 0.418 e. The highest BCUT2D eigenvalue weighted by atomic mass is 32.2. The number of rotatable bonds is 2. The van der Waals surface area contributed by atoms with Crippen LogP contribution in [-0.2, 0) is 16.0 Å². The number of fused-ring (bicyclic) bond motifs is 1. The van der Waals surface area contributed by atoms with Crippen molar-refractivity contribution in [2.75, 3.05) is 16.8 Å². The first-order valence-corrected chi connectivity index (χ1v) is 8.50. The molecule has 0 spiro atoms. The van der Waals surface area contributed by atoms with Gasteiger partial charge >= 0.3 is 6.18 Å². The van der Waals surface area contributed by atoms with Gasteiger partial charge < -0.3 is 5.32 Å². The van der Waals surface area contributed by atoms with Crippen molar-refractivity contribution < 1.29 is 21.6 Å².